The summed E-state index contributed by atoms with van der Waals surface area (Å²) in [5, 5.41) is 10.9. The van der Waals surface area contributed by atoms with Gasteiger partial charge in [-0.1, -0.05) is 21.1 Å². The highest BCUT2D eigenvalue weighted by Gasteiger charge is 2.09. The fraction of sp³-hybridized carbons (Fsp3) is 0.375. The number of alkyl halides is 1. The Kier molecular flexibility index (Phi) is 2.93. The molecule has 0 aliphatic heterocycles. The zero-order valence-corrected chi connectivity index (χ0v) is 9.99. The van der Waals surface area contributed by atoms with Crippen molar-refractivity contribution in [1.82, 2.24) is 20.0 Å². The molecule has 0 spiro atoms. The molecule has 1 unspecified atom stereocenters. The van der Waals surface area contributed by atoms with E-state index in [1.165, 1.54) is 0 Å². The lowest BCUT2D eigenvalue weighted by Crippen LogP contribution is -2.06. The molecule has 14 heavy (non-hydrogen) atoms. The van der Waals surface area contributed by atoms with Crippen LogP contribution in [0.3, 0.4) is 0 Å². The smallest absolute Gasteiger partial charge is 0.114 e. The lowest BCUT2D eigenvalue weighted by atomic mass is 10.3. The summed E-state index contributed by atoms with van der Waals surface area (Å²) in [5.41, 5.74) is 1.07. The summed E-state index contributed by atoms with van der Waals surface area (Å²) in [6.45, 7) is 2.75. The molecule has 0 aromatic carbocycles. The van der Waals surface area contributed by atoms with Crippen molar-refractivity contribution in [2.24, 2.45) is 0 Å². The number of hydrogen-bond donors (Lipinski definition) is 0. The van der Waals surface area contributed by atoms with E-state index in [4.69, 9.17) is 0 Å². The summed E-state index contributed by atoms with van der Waals surface area (Å²) in [7, 11) is 0. The van der Waals surface area contributed by atoms with Crippen LogP contribution < -0.4 is 0 Å². The van der Waals surface area contributed by atoms with Gasteiger partial charge in [-0.05, 0) is 6.92 Å². The third kappa shape index (κ3) is 2.01. The fourth-order valence-electron chi connectivity index (χ4n) is 1.16. The largest absolute Gasteiger partial charge is 0.248 e. The molecule has 2 heterocycles. The highest BCUT2D eigenvalue weighted by Crippen LogP contribution is 2.20. The van der Waals surface area contributed by atoms with Crippen molar-refractivity contribution in [2.75, 3.05) is 0 Å². The van der Waals surface area contributed by atoms with Gasteiger partial charge in [0.1, 0.15) is 5.01 Å². The lowest BCUT2D eigenvalue weighted by molar-refractivity contribution is 0.619. The third-order valence-corrected chi connectivity index (χ3v) is 3.06. The van der Waals surface area contributed by atoms with Crippen LogP contribution >= 0.6 is 27.3 Å². The highest BCUT2D eigenvalue weighted by atomic mass is 79.9. The van der Waals surface area contributed by atoms with E-state index in [-0.39, 0.29) is 4.83 Å². The van der Waals surface area contributed by atoms with E-state index in [1.807, 2.05) is 10.1 Å². The van der Waals surface area contributed by atoms with E-state index in [2.05, 4.69) is 38.1 Å². The highest BCUT2D eigenvalue weighted by molar-refractivity contribution is 9.09. The van der Waals surface area contributed by atoms with Crippen LogP contribution in [-0.4, -0.2) is 20.0 Å². The number of halogens is 1. The van der Waals surface area contributed by atoms with Crippen molar-refractivity contribution < 1.29 is 0 Å². The van der Waals surface area contributed by atoms with Crippen molar-refractivity contribution in [1.29, 1.82) is 0 Å². The molecular weight excluding hydrogens is 264 g/mol. The molecule has 0 N–H and O–H groups in total. The normalized spacial score (nSPS) is 13.0. The maximum absolute atomic E-state index is 4.21. The Morgan fingerprint density at radius 3 is 3.14 bits per heavy atom. The van der Waals surface area contributed by atoms with E-state index >= 15 is 0 Å². The van der Waals surface area contributed by atoms with Crippen molar-refractivity contribution in [3.05, 3.63) is 28.5 Å². The second-order valence-electron chi connectivity index (χ2n) is 2.86. The maximum atomic E-state index is 4.21. The van der Waals surface area contributed by atoms with Crippen LogP contribution in [0.2, 0.25) is 0 Å². The Bertz CT molecular complexity index is 395. The number of thiazole rings is 1. The predicted molar refractivity (Wildman–Crippen MR) is 58.6 cm³/mol. The van der Waals surface area contributed by atoms with Crippen LogP contribution in [0, 0.1) is 0 Å². The number of aromatic nitrogens is 4. The Morgan fingerprint density at radius 2 is 2.50 bits per heavy atom. The molecule has 2 rings (SSSR count). The van der Waals surface area contributed by atoms with E-state index in [9.17, 15) is 0 Å². The third-order valence-electron chi connectivity index (χ3n) is 1.82. The van der Waals surface area contributed by atoms with Crippen LogP contribution in [0.1, 0.15) is 22.5 Å². The van der Waals surface area contributed by atoms with Gasteiger partial charge < -0.3 is 0 Å². The first-order chi connectivity index (χ1) is 6.77. The molecule has 2 aromatic rings. The molecule has 0 saturated carbocycles. The first-order valence-electron chi connectivity index (χ1n) is 4.18. The second kappa shape index (κ2) is 4.18. The molecule has 6 heteroatoms. The SMILES string of the molecule is CC(Br)c1cnnn1Cc1nccs1. The van der Waals surface area contributed by atoms with Gasteiger partial charge >= 0.3 is 0 Å². The summed E-state index contributed by atoms with van der Waals surface area (Å²) in [6, 6.07) is 0. The van der Waals surface area contributed by atoms with E-state index in [0.29, 0.717) is 6.54 Å². The molecule has 1 atom stereocenters. The summed E-state index contributed by atoms with van der Waals surface area (Å²) >= 11 is 5.13. The fourth-order valence-corrected chi connectivity index (χ4v) is 2.11. The molecular formula is C8H9BrN4S. The Labute approximate surface area is 94.1 Å². The van der Waals surface area contributed by atoms with E-state index < -0.39 is 0 Å². The van der Waals surface area contributed by atoms with Crippen molar-refractivity contribution in [3.63, 3.8) is 0 Å². The molecule has 0 saturated heterocycles. The predicted octanol–water partition coefficient (Wildman–Crippen LogP) is 2.24. The monoisotopic (exact) mass is 272 g/mol. The van der Waals surface area contributed by atoms with Crippen molar-refractivity contribution in [2.45, 2.75) is 18.3 Å². The van der Waals surface area contributed by atoms with Crippen molar-refractivity contribution in [3.8, 4) is 0 Å². The van der Waals surface area contributed by atoms with Gasteiger partial charge in [0, 0.05) is 11.6 Å². The number of nitrogens with zero attached hydrogens (tertiary/aromatic N) is 4. The lowest BCUT2D eigenvalue weighted by Gasteiger charge is -2.05. The van der Waals surface area contributed by atoms with Crippen LogP contribution in [0.25, 0.3) is 0 Å². The Balaban J connectivity index is 2.21. The van der Waals surface area contributed by atoms with Gasteiger partial charge in [0.05, 0.1) is 23.3 Å². The van der Waals surface area contributed by atoms with Crippen LogP contribution in [-0.2, 0) is 6.54 Å². The maximum Gasteiger partial charge on any atom is 0.114 e. The molecule has 2 aromatic heterocycles. The average molecular weight is 273 g/mol. The van der Waals surface area contributed by atoms with Gasteiger partial charge in [0.25, 0.3) is 0 Å². The molecule has 74 valence electrons. The molecule has 0 bridgehead atoms. The molecule has 0 radical (unpaired) electrons. The van der Waals surface area contributed by atoms with E-state index in [1.54, 1.807) is 23.7 Å². The zero-order valence-electron chi connectivity index (χ0n) is 7.59. The minimum atomic E-state index is 0.262. The summed E-state index contributed by atoms with van der Waals surface area (Å²) in [5.74, 6) is 0. The molecule has 0 amide bonds. The Morgan fingerprint density at radius 1 is 1.64 bits per heavy atom. The van der Waals surface area contributed by atoms with Crippen LogP contribution in [0.5, 0.6) is 0 Å². The van der Waals surface area contributed by atoms with Crippen LogP contribution in [0.4, 0.5) is 0 Å². The first kappa shape index (κ1) is 9.79. The van der Waals surface area contributed by atoms with Crippen LogP contribution in [0.15, 0.2) is 17.8 Å². The van der Waals surface area contributed by atoms with Gasteiger partial charge in [-0.15, -0.1) is 16.4 Å². The minimum absolute atomic E-state index is 0.262. The van der Waals surface area contributed by atoms with Gasteiger partial charge in [-0.25, -0.2) is 9.67 Å². The van der Waals surface area contributed by atoms with Gasteiger partial charge in [-0.3, -0.25) is 0 Å². The van der Waals surface area contributed by atoms with Gasteiger partial charge in [0.15, 0.2) is 0 Å². The molecule has 0 fully saturated rings. The topological polar surface area (TPSA) is 43.6 Å². The minimum Gasteiger partial charge on any atom is -0.248 e. The molecule has 0 aliphatic rings. The summed E-state index contributed by atoms with van der Waals surface area (Å²) in [4.78, 5) is 4.47. The molecule has 0 aliphatic carbocycles. The number of hydrogen-bond acceptors (Lipinski definition) is 4. The van der Waals surface area contributed by atoms with Crippen molar-refractivity contribution >= 4 is 27.3 Å². The average Bonchev–Trinajstić information content (AvgIpc) is 2.75. The van der Waals surface area contributed by atoms with Gasteiger partial charge in [-0.2, -0.15) is 0 Å². The second-order valence-corrected chi connectivity index (χ2v) is 5.21. The Hall–Kier alpha value is -0.750. The summed E-state index contributed by atoms with van der Waals surface area (Å²) < 4.78 is 1.86. The quantitative estimate of drug-likeness (QED) is 0.805. The zero-order chi connectivity index (χ0) is 9.97. The standard InChI is InChI=1S/C8H9BrN4S/c1-6(9)7-4-11-12-13(7)5-8-10-2-3-14-8/h2-4,6H,5H2,1H3. The summed E-state index contributed by atoms with van der Waals surface area (Å²) in [6.07, 6.45) is 3.57. The molecule has 4 nitrogen and oxygen atoms in total. The first-order valence-corrected chi connectivity index (χ1v) is 5.97. The van der Waals surface area contributed by atoms with Gasteiger partial charge in [0.2, 0.25) is 0 Å². The number of rotatable bonds is 3. The van der Waals surface area contributed by atoms with E-state index in [0.717, 1.165) is 10.7 Å².